The van der Waals surface area contributed by atoms with Crippen LogP contribution >= 0.6 is 15.9 Å². The van der Waals surface area contributed by atoms with Crippen LogP contribution in [0.15, 0.2) is 65.1 Å². The first kappa shape index (κ1) is 29.3. The number of carbonyl (C=O) groups excluding carboxylic acids is 1. The fourth-order valence-corrected chi connectivity index (χ4v) is 5.17. The second-order valence-corrected chi connectivity index (χ2v) is 11.2. The zero-order valence-electron chi connectivity index (χ0n) is 21.9. The Morgan fingerprint density at radius 1 is 0.829 bits per heavy atom. The number of nitrogens with zero attached hydrogens (tertiary/aromatic N) is 2. The molecule has 0 saturated carbocycles. The molecule has 0 aliphatic heterocycles. The molecule has 0 aliphatic rings. The van der Waals surface area contributed by atoms with Crippen LogP contribution in [0.5, 0.6) is 0 Å². The average Bonchev–Trinajstić information content (AvgIpc) is 2.71. The van der Waals surface area contributed by atoms with E-state index in [1.165, 1.54) is 27.8 Å². The van der Waals surface area contributed by atoms with Gasteiger partial charge in [0.1, 0.15) is 6.54 Å². The summed E-state index contributed by atoms with van der Waals surface area (Å²) in [5.41, 5.74) is 8.08. The van der Waals surface area contributed by atoms with Gasteiger partial charge in [-0.3, -0.25) is 4.79 Å². The molecule has 0 bridgehead atoms. The van der Waals surface area contributed by atoms with E-state index in [2.05, 4.69) is 94.1 Å². The van der Waals surface area contributed by atoms with Crippen molar-refractivity contribution >= 4 is 27.5 Å². The Labute approximate surface area is 230 Å². The largest absolute Gasteiger partial charge is 1.00 e. The molecule has 0 radical (unpaired) electrons. The molecule has 0 spiro atoms. The lowest BCUT2D eigenvalue weighted by Gasteiger charge is -2.31. The van der Waals surface area contributed by atoms with Gasteiger partial charge in [-0.25, -0.2) is 0 Å². The normalized spacial score (nSPS) is 11.2. The van der Waals surface area contributed by atoms with Gasteiger partial charge in [0.15, 0.2) is 0 Å². The van der Waals surface area contributed by atoms with Gasteiger partial charge in [0.2, 0.25) is 0 Å². The summed E-state index contributed by atoms with van der Waals surface area (Å²) in [5.74, 6) is 0.0512. The van der Waals surface area contributed by atoms with E-state index in [1.54, 1.807) is 0 Å². The number of anilines is 1. The van der Waals surface area contributed by atoms with E-state index >= 15 is 0 Å². The van der Waals surface area contributed by atoms with Gasteiger partial charge in [-0.1, -0.05) is 57.4 Å². The van der Waals surface area contributed by atoms with Crippen LogP contribution in [-0.2, 0) is 6.54 Å². The second-order valence-electron chi connectivity index (χ2n) is 10.3. The van der Waals surface area contributed by atoms with Crippen LogP contribution in [0, 0.1) is 27.7 Å². The van der Waals surface area contributed by atoms with Crippen molar-refractivity contribution in [2.24, 2.45) is 0 Å². The van der Waals surface area contributed by atoms with Gasteiger partial charge in [-0.2, -0.15) is 0 Å². The quantitative estimate of drug-likeness (QED) is 0.263. The molecule has 0 saturated heterocycles. The zero-order valence-corrected chi connectivity index (χ0v) is 25.0. The number of unbranched alkanes of at least 4 members (excludes halogenated alkanes) is 1. The minimum absolute atomic E-state index is 0. The van der Waals surface area contributed by atoms with Crippen LogP contribution in [-0.4, -0.2) is 37.6 Å². The smallest absolute Gasteiger partial charge is 0.258 e. The van der Waals surface area contributed by atoms with Crippen molar-refractivity contribution in [3.05, 3.63) is 98.5 Å². The Hall–Kier alpha value is -1.95. The molecule has 3 nitrogen and oxygen atoms in total. The summed E-state index contributed by atoms with van der Waals surface area (Å²) in [5, 5.41) is 0. The maximum absolute atomic E-state index is 13.5. The van der Waals surface area contributed by atoms with Gasteiger partial charge in [0.25, 0.3) is 5.91 Å². The molecule has 188 valence electrons. The lowest BCUT2D eigenvalue weighted by molar-refractivity contribution is -0.903. The fraction of sp³-hybridized carbons (Fsp3) is 0.367. The van der Waals surface area contributed by atoms with Crippen LogP contribution < -0.4 is 21.9 Å². The van der Waals surface area contributed by atoms with Gasteiger partial charge >= 0.3 is 0 Å². The first-order valence-electron chi connectivity index (χ1n) is 12.1. The molecule has 3 aromatic carbocycles. The van der Waals surface area contributed by atoms with Gasteiger partial charge in [0.05, 0.1) is 20.6 Å². The molecule has 0 heterocycles. The third-order valence-corrected chi connectivity index (χ3v) is 6.62. The van der Waals surface area contributed by atoms with Crippen LogP contribution in [0.4, 0.5) is 5.69 Å². The molecule has 0 N–H and O–H groups in total. The lowest BCUT2D eigenvalue weighted by Crippen LogP contribution is -3.00. The third-order valence-electron chi connectivity index (χ3n) is 6.12. The Morgan fingerprint density at radius 3 is 1.97 bits per heavy atom. The minimum Gasteiger partial charge on any atom is -1.00 e. The average molecular weight is 602 g/mol. The molecule has 0 fully saturated rings. The molecule has 0 aromatic heterocycles. The summed E-state index contributed by atoms with van der Waals surface area (Å²) in [4.78, 5) is 15.5. The van der Waals surface area contributed by atoms with Crippen molar-refractivity contribution < 1.29 is 26.3 Å². The van der Waals surface area contributed by atoms with E-state index in [0.717, 1.165) is 40.6 Å². The number of halogens is 2. The number of quaternary nitrogens is 1. The van der Waals surface area contributed by atoms with E-state index in [1.807, 2.05) is 29.2 Å². The van der Waals surface area contributed by atoms with Crippen molar-refractivity contribution in [1.29, 1.82) is 0 Å². The highest BCUT2D eigenvalue weighted by atomic mass is 79.9. The predicted octanol–water partition coefficient (Wildman–Crippen LogP) is 4.39. The maximum Gasteiger partial charge on any atom is 0.258 e. The van der Waals surface area contributed by atoms with Gasteiger partial charge < -0.3 is 26.4 Å². The number of amides is 1. The Kier molecular flexibility index (Phi) is 10.7. The topological polar surface area (TPSA) is 20.3 Å². The van der Waals surface area contributed by atoms with Gasteiger partial charge in [0, 0.05) is 27.8 Å². The van der Waals surface area contributed by atoms with Crippen molar-refractivity contribution in [1.82, 2.24) is 0 Å². The first-order valence-corrected chi connectivity index (χ1v) is 12.9. The molecular weight excluding hydrogens is 564 g/mol. The summed E-state index contributed by atoms with van der Waals surface area (Å²) in [6, 6.07) is 20.9. The van der Waals surface area contributed by atoms with E-state index in [0.29, 0.717) is 12.1 Å². The third kappa shape index (κ3) is 8.89. The van der Waals surface area contributed by atoms with Crippen molar-refractivity contribution in [3.63, 3.8) is 0 Å². The molecule has 1 amide bonds. The summed E-state index contributed by atoms with van der Waals surface area (Å²) >= 11 is 3.51. The highest BCUT2D eigenvalue weighted by molar-refractivity contribution is 9.10. The zero-order chi connectivity index (χ0) is 24.9. The summed E-state index contributed by atoms with van der Waals surface area (Å²) in [7, 11) is 4.60. The Balaban J connectivity index is 0.00000432. The summed E-state index contributed by atoms with van der Waals surface area (Å²) in [6.45, 7) is 11.3. The van der Waals surface area contributed by atoms with Crippen molar-refractivity contribution in [3.8, 4) is 0 Å². The number of aryl methyl sites for hydroxylation is 4. The Morgan fingerprint density at radius 2 is 1.40 bits per heavy atom. The summed E-state index contributed by atoms with van der Waals surface area (Å²) < 4.78 is 1.86. The van der Waals surface area contributed by atoms with Gasteiger partial charge in [-0.15, -0.1) is 0 Å². The van der Waals surface area contributed by atoms with E-state index in [-0.39, 0.29) is 22.9 Å². The molecule has 5 heteroatoms. The monoisotopic (exact) mass is 600 g/mol. The standard InChI is InChI=1S/C30H38BrN2O.BrH/c1-22-14-23(2)17-26(16-22)21-33(5,6)13-8-7-12-32(29-18-24(3)15-25(4)19-29)30(34)27-10-9-11-28(31)20-27;/h9-11,14-20H,7-8,12-13,21H2,1-6H3;1H/q+1;/p-1. The molecule has 0 unspecified atom stereocenters. The van der Waals surface area contributed by atoms with Crippen molar-refractivity contribution in [2.45, 2.75) is 47.1 Å². The molecule has 0 atom stereocenters. The molecular formula is C30H38Br2N2O. The lowest BCUT2D eigenvalue weighted by atomic mass is 10.1. The number of carbonyl (C=O) groups is 1. The summed E-state index contributed by atoms with van der Waals surface area (Å²) in [6.07, 6.45) is 2.02. The molecule has 0 aliphatic carbocycles. The van der Waals surface area contributed by atoms with Crippen molar-refractivity contribution in [2.75, 3.05) is 32.1 Å². The van der Waals surface area contributed by atoms with E-state index in [4.69, 9.17) is 0 Å². The maximum atomic E-state index is 13.5. The van der Waals surface area contributed by atoms with Crippen LogP contribution in [0.25, 0.3) is 0 Å². The number of benzene rings is 3. The fourth-order valence-electron chi connectivity index (χ4n) is 4.78. The predicted molar refractivity (Wildman–Crippen MR) is 148 cm³/mol. The Bertz CT molecular complexity index is 1120. The second kappa shape index (κ2) is 12.8. The van der Waals surface area contributed by atoms with Crippen LogP contribution in [0.3, 0.4) is 0 Å². The van der Waals surface area contributed by atoms with E-state index < -0.39 is 0 Å². The van der Waals surface area contributed by atoms with Crippen LogP contribution in [0.1, 0.15) is 51.0 Å². The molecule has 3 rings (SSSR count). The molecule has 3 aromatic rings. The number of rotatable bonds is 9. The first-order chi connectivity index (χ1) is 16.0. The highest BCUT2D eigenvalue weighted by Crippen LogP contribution is 2.23. The minimum atomic E-state index is 0. The van der Waals surface area contributed by atoms with Crippen LogP contribution in [0.2, 0.25) is 0 Å². The van der Waals surface area contributed by atoms with Gasteiger partial charge in [-0.05, 0) is 82.0 Å². The van der Waals surface area contributed by atoms with E-state index in [9.17, 15) is 4.79 Å². The molecule has 35 heavy (non-hydrogen) atoms. The number of hydrogen-bond donors (Lipinski definition) is 0. The number of hydrogen-bond acceptors (Lipinski definition) is 1. The SMILES string of the molecule is Cc1cc(C)cc(C[N+](C)(C)CCCCN(C(=O)c2cccc(Br)c2)c2cc(C)cc(C)c2)c1.[Br-]. The highest BCUT2D eigenvalue weighted by Gasteiger charge is 2.20.